The van der Waals surface area contributed by atoms with Gasteiger partial charge in [0.2, 0.25) is 0 Å². The van der Waals surface area contributed by atoms with Crippen molar-refractivity contribution in [3.05, 3.63) is 67.3 Å². The molecule has 0 saturated carbocycles. The number of benzene rings is 2. The Labute approximate surface area is 265 Å². The van der Waals surface area contributed by atoms with E-state index in [-0.39, 0.29) is 24.8 Å². The lowest BCUT2D eigenvalue weighted by molar-refractivity contribution is -0.141. The summed E-state index contributed by atoms with van der Waals surface area (Å²) in [4.78, 5) is 47.6. The van der Waals surface area contributed by atoms with Crippen LogP contribution in [0.5, 0.6) is 0 Å². The van der Waals surface area contributed by atoms with Gasteiger partial charge < -0.3 is 15.2 Å². The highest BCUT2D eigenvalue weighted by atomic mass is 16.6. The van der Waals surface area contributed by atoms with Crippen molar-refractivity contribution in [2.45, 2.75) is 38.2 Å². The molecule has 5 N–H and O–H groups in total. The molecule has 1 fully saturated rings. The van der Waals surface area contributed by atoms with Gasteiger partial charge in [0.15, 0.2) is 17.2 Å². The van der Waals surface area contributed by atoms with E-state index in [9.17, 15) is 9.59 Å². The van der Waals surface area contributed by atoms with Crippen molar-refractivity contribution in [1.82, 2.24) is 40.2 Å². The average molecular weight is 624 g/mol. The van der Waals surface area contributed by atoms with Crippen molar-refractivity contribution in [3.8, 4) is 22.9 Å². The second-order valence-corrected chi connectivity index (χ2v) is 11.4. The minimum Gasteiger partial charge on any atom is -0.372 e. The molecule has 1 saturated heterocycles. The zero-order chi connectivity index (χ0) is 31.9. The molecule has 1 atom stereocenters. The zero-order valence-corrected chi connectivity index (χ0v) is 25.6. The molecular weight excluding hydrogens is 586 g/mol. The number of amides is 1. The molecule has 0 aliphatic carbocycles. The van der Waals surface area contributed by atoms with Crippen LogP contribution in [0.25, 0.3) is 33.8 Å². The number of likely N-dealkylation sites (tertiary alicyclic amines) is 1. The number of rotatable bonds is 14. The molecule has 238 valence electrons. The molecule has 0 unspecified atom stereocenters. The lowest BCUT2D eigenvalue weighted by Crippen LogP contribution is -2.49. The molecule has 46 heavy (non-hydrogen) atoms. The van der Waals surface area contributed by atoms with Gasteiger partial charge in [0.1, 0.15) is 17.8 Å². The quantitative estimate of drug-likeness (QED) is 0.133. The number of carbonyl (C=O) groups is 2. The van der Waals surface area contributed by atoms with Crippen LogP contribution in [0.4, 0.5) is 11.4 Å². The summed E-state index contributed by atoms with van der Waals surface area (Å²) in [5.41, 5.74) is 2.73. The summed E-state index contributed by atoms with van der Waals surface area (Å²) in [6.45, 7) is 4.77. The van der Waals surface area contributed by atoms with Gasteiger partial charge in [-0.1, -0.05) is 6.92 Å². The van der Waals surface area contributed by atoms with Crippen molar-refractivity contribution in [3.63, 3.8) is 0 Å². The van der Waals surface area contributed by atoms with Gasteiger partial charge in [0.05, 0.1) is 12.1 Å². The first-order valence-electron chi connectivity index (χ1n) is 15.4. The molecule has 14 nitrogen and oxygen atoms in total. The van der Waals surface area contributed by atoms with Crippen LogP contribution in [-0.4, -0.2) is 90.3 Å². The first kappa shape index (κ1) is 31.0. The smallest absolute Gasteiger partial charge is 0.260 e. The lowest BCUT2D eigenvalue weighted by atomic mass is 10.0. The van der Waals surface area contributed by atoms with E-state index in [0.29, 0.717) is 42.4 Å². The Morgan fingerprint density at radius 2 is 1.96 bits per heavy atom. The summed E-state index contributed by atoms with van der Waals surface area (Å²) >= 11 is 0. The van der Waals surface area contributed by atoms with E-state index in [2.05, 4.69) is 64.6 Å². The second kappa shape index (κ2) is 13.9. The first-order chi connectivity index (χ1) is 22.5. The summed E-state index contributed by atoms with van der Waals surface area (Å²) in [7, 11) is 0. The molecule has 3 aromatic heterocycles. The summed E-state index contributed by atoms with van der Waals surface area (Å²) in [6.07, 6.45) is 7.47. The van der Waals surface area contributed by atoms with Gasteiger partial charge in [-0.3, -0.25) is 24.4 Å². The normalized spacial score (nSPS) is 16.6. The van der Waals surface area contributed by atoms with Gasteiger partial charge in [-0.05, 0) is 61.4 Å². The Morgan fingerprint density at radius 3 is 2.70 bits per heavy atom. The summed E-state index contributed by atoms with van der Waals surface area (Å²) in [5, 5.41) is 18.8. The SMILES string of the molecule is CCCN(CCCC(=O)CN1CC[C@@](ON)(C(=O)Nc2ccc3[nH]nc(-c4nnc[nH]4)c3c2)C1)c1ccc(-c2ncccn2)cc1. The molecule has 1 aliphatic rings. The standard InChI is InChI=1S/C32H37N11O3/c1-2-15-43(24-9-6-22(7-10-24)29-34-13-4-14-35-29)16-3-5-25(44)19-42-17-12-32(20-42,46-33)31(45)38-23-8-11-27-26(18-23)28(40-39-27)30-36-21-37-41-30/h4,6-11,13-14,18,21H,2-3,5,12,15-17,19-20,33H2,1H3,(H,38,45)(H,39,40)(H,36,37,41)/t32-/m0/s1. The van der Waals surface area contributed by atoms with Crippen molar-refractivity contribution >= 4 is 34.0 Å². The Bertz CT molecular complexity index is 1760. The fourth-order valence-electron chi connectivity index (χ4n) is 5.87. The van der Waals surface area contributed by atoms with E-state index < -0.39 is 5.60 Å². The summed E-state index contributed by atoms with van der Waals surface area (Å²) in [5.74, 6) is 6.66. The van der Waals surface area contributed by atoms with Crippen LogP contribution in [0.15, 0.2) is 67.3 Å². The molecule has 0 radical (unpaired) electrons. The van der Waals surface area contributed by atoms with Crippen molar-refractivity contribution in [2.75, 3.05) is 42.9 Å². The Balaban J connectivity index is 1.01. The lowest BCUT2D eigenvalue weighted by Gasteiger charge is -2.26. The number of ketones is 1. The molecule has 5 aromatic rings. The molecule has 4 heterocycles. The predicted molar refractivity (Wildman–Crippen MR) is 173 cm³/mol. The maximum atomic E-state index is 13.4. The van der Waals surface area contributed by atoms with E-state index >= 15 is 0 Å². The van der Waals surface area contributed by atoms with E-state index in [1.165, 1.54) is 6.33 Å². The number of anilines is 2. The number of H-pyrrole nitrogens is 2. The number of nitrogens with two attached hydrogens (primary N) is 1. The van der Waals surface area contributed by atoms with Crippen molar-refractivity contribution < 1.29 is 14.4 Å². The number of hydrogen-bond donors (Lipinski definition) is 4. The second-order valence-electron chi connectivity index (χ2n) is 11.4. The van der Waals surface area contributed by atoms with Crippen LogP contribution in [0.3, 0.4) is 0 Å². The Kier molecular flexibility index (Phi) is 9.38. The molecule has 1 aliphatic heterocycles. The van der Waals surface area contributed by atoms with Gasteiger partial charge in [-0.25, -0.2) is 15.9 Å². The largest absolute Gasteiger partial charge is 0.372 e. The summed E-state index contributed by atoms with van der Waals surface area (Å²) in [6, 6.07) is 15.4. The highest BCUT2D eigenvalue weighted by Crippen LogP contribution is 2.29. The van der Waals surface area contributed by atoms with Gasteiger partial charge >= 0.3 is 0 Å². The molecule has 1 amide bonds. The minimum atomic E-state index is -1.27. The van der Waals surface area contributed by atoms with Gasteiger partial charge in [-0.15, -0.1) is 10.2 Å². The van der Waals surface area contributed by atoms with E-state index in [0.717, 1.165) is 48.1 Å². The molecule has 6 rings (SSSR count). The Morgan fingerprint density at radius 1 is 1.13 bits per heavy atom. The minimum absolute atomic E-state index is 0.117. The Hall–Kier alpha value is -5.05. The number of nitrogens with one attached hydrogen (secondary N) is 3. The van der Waals surface area contributed by atoms with Crippen LogP contribution in [0, 0.1) is 0 Å². The number of hydrogen-bond acceptors (Lipinski definition) is 11. The van der Waals surface area contributed by atoms with Gasteiger partial charge in [-0.2, -0.15) is 5.10 Å². The highest BCUT2D eigenvalue weighted by molar-refractivity contribution is 6.01. The number of aromatic nitrogens is 7. The van der Waals surface area contributed by atoms with Crippen LogP contribution in [0.2, 0.25) is 0 Å². The highest BCUT2D eigenvalue weighted by Gasteiger charge is 2.46. The number of Topliss-reactive ketones (excluding diaryl/α,β-unsaturated/α-hetero) is 1. The molecule has 14 heteroatoms. The van der Waals surface area contributed by atoms with E-state index in [4.69, 9.17) is 10.7 Å². The fourth-order valence-corrected chi connectivity index (χ4v) is 5.87. The predicted octanol–water partition coefficient (Wildman–Crippen LogP) is 3.34. The first-order valence-corrected chi connectivity index (χ1v) is 15.4. The number of carbonyl (C=O) groups excluding carboxylic acids is 2. The number of nitrogens with zero attached hydrogens (tertiary/aromatic N) is 7. The van der Waals surface area contributed by atoms with E-state index in [1.807, 2.05) is 29.2 Å². The molecule has 0 bridgehead atoms. The van der Waals surface area contributed by atoms with Crippen molar-refractivity contribution in [2.24, 2.45) is 5.90 Å². The molecule has 0 spiro atoms. The third-order valence-corrected chi connectivity index (χ3v) is 8.25. The zero-order valence-electron chi connectivity index (χ0n) is 25.6. The monoisotopic (exact) mass is 623 g/mol. The third kappa shape index (κ3) is 6.78. The van der Waals surface area contributed by atoms with Crippen LogP contribution in [-0.2, 0) is 14.4 Å². The molecular formula is C32H37N11O3. The maximum absolute atomic E-state index is 13.4. The van der Waals surface area contributed by atoms with Crippen LogP contribution in [0.1, 0.15) is 32.6 Å². The summed E-state index contributed by atoms with van der Waals surface area (Å²) < 4.78 is 0. The van der Waals surface area contributed by atoms with Gasteiger partial charge in [0.25, 0.3) is 5.91 Å². The van der Waals surface area contributed by atoms with Gasteiger partial charge in [0, 0.05) is 73.7 Å². The maximum Gasteiger partial charge on any atom is 0.260 e. The average Bonchev–Trinajstić information content (AvgIpc) is 3.85. The topological polar surface area (TPSA) is 184 Å². The van der Waals surface area contributed by atoms with E-state index in [1.54, 1.807) is 24.5 Å². The van der Waals surface area contributed by atoms with Crippen molar-refractivity contribution in [1.29, 1.82) is 0 Å². The number of fused-ring (bicyclic) bond motifs is 1. The van der Waals surface area contributed by atoms with Crippen LogP contribution < -0.4 is 16.1 Å². The third-order valence-electron chi connectivity index (χ3n) is 8.25. The van der Waals surface area contributed by atoms with Crippen LogP contribution >= 0.6 is 0 Å². The number of aromatic amines is 2. The molecule has 2 aromatic carbocycles. The fraction of sp³-hybridized carbons (Fsp3) is 0.344.